The third-order valence-corrected chi connectivity index (χ3v) is 4.55. The number of amides is 1. The van der Waals surface area contributed by atoms with Gasteiger partial charge in [0.25, 0.3) is 5.91 Å². The number of nitrogens with one attached hydrogen (secondary N) is 2. The van der Waals surface area contributed by atoms with E-state index in [1.54, 1.807) is 12.1 Å². The maximum atomic E-state index is 14.4. The fourth-order valence-electron chi connectivity index (χ4n) is 3.06. The number of rotatable bonds is 4. The Morgan fingerprint density at radius 1 is 1.20 bits per heavy atom. The van der Waals surface area contributed by atoms with Crippen molar-refractivity contribution in [1.82, 2.24) is 10.6 Å². The summed E-state index contributed by atoms with van der Waals surface area (Å²) < 4.78 is 14.4. The highest BCUT2D eigenvalue weighted by Gasteiger charge is 2.16. The van der Waals surface area contributed by atoms with Crippen molar-refractivity contribution in [2.75, 3.05) is 19.6 Å². The molecule has 0 aliphatic carbocycles. The molecule has 1 atom stereocenters. The van der Waals surface area contributed by atoms with Crippen LogP contribution in [-0.2, 0) is 0 Å². The molecule has 0 bridgehead atoms. The molecule has 0 aromatic heterocycles. The van der Waals surface area contributed by atoms with Crippen molar-refractivity contribution in [3.05, 3.63) is 59.4 Å². The zero-order valence-electron chi connectivity index (χ0n) is 14.3. The van der Waals surface area contributed by atoms with Gasteiger partial charge in [-0.3, -0.25) is 4.79 Å². The first-order chi connectivity index (χ1) is 11.6. The molecule has 1 aliphatic rings. The first-order valence-electron chi connectivity index (χ1n) is 8.49. The smallest absolute Gasteiger partial charge is 0.254 e. The van der Waals surface area contributed by atoms with E-state index in [-0.39, 0.29) is 23.9 Å². The number of benzene rings is 2. The van der Waals surface area contributed by atoms with Gasteiger partial charge in [0.05, 0.1) is 5.56 Å². The summed E-state index contributed by atoms with van der Waals surface area (Å²) in [5.41, 5.74) is 2.99. The fourth-order valence-corrected chi connectivity index (χ4v) is 3.06. The highest BCUT2D eigenvalue weighted by Crippen LogP contribution is 2.22. The molecule has 2 N–H and O–H groups in total. The molecular weight excluding hydrogens is 339 g/mol. The Hall–Kier alpha value is -1.91. The summed E-state index contributed by atoms with van der Waals surface area (Å²) in [6.07, 6.45) is 2.22. The summed E-state index contributed by atoms with van der Waals surface area (Å²) in [5, 5.41) is 6.17. The maximum absolute atomic E-state index is 14.4. The van der Waals surface area contributed by atoms with Crippen LogP contribution in [0, 0.1) is 18.7 Å². The van der Waals surface area contributed by atoms with E-state index in [9.17, 15) is 9.18 Å². The van der Waals surface area contributed by atoms with E-state index in [2.05, 4.69) is 10.6 Å². The lowest BCUT2D eigenvalue weighted by molar-refractivity contribution is 0.0941. The molecule has 5 heteroatoms. The lowest BCUT2D eigenvalue weighted by Gasteiger charge is -2.22. The summed E-state index contributed by atoms with van der Waals surface area (Å²) in [6, 6.07) is 12.7. The predicted molar refractivity (Wildman–Crippen MR) is 102 cm³/mol. The second-order valence-corrected chi connectivity index (χ2v) is 6.48. The van der Waals surface area contributed by atoms with Crippen molar-refractivity contribution < 1.29 is 9.18 Å². The number of halogens is 2. The first kappa shape index (κ1) is 19.4. The molecular formula is C20H24ClFN2O. The van der Waals surface area contributed by atoms with Crippen molar-refractivity contribution in [2.24, 2.45) is 5.92 Å². The van der Waals surface area contributed by atoms with Gasteiger partial charge < -0.3 is 10.6 Å². The molecule has 1 saturated heterocycles. The van der Waals surface area contributed by atoms with Gasteiger partial charge in [-0.05, 0) is 62.0 Å². The van der Waals surface area contributed by atoms with Crippen molar-refractivity contribution >= 4 is 18.3 Å². The molecule has 0 spiro atoms. The van der Waals surface area contributed by atoms with E-state index < -0.39 is 5.82 Å². The van der Waals surface area contributed by atoms with Crippen molar-refractivity contribution in [3.8, 4) is 11.1 Å². The number of hydrogen-bond donors (Lipinski definition) is 2. The molecule has 1 heterocycles. The van der Waals surface area contributed by atoms with Gasteiger partial charge in [-0.1, -0.05) is 35.9 Å². The van der Waals surface area contributed by atoms with Gasteiger partial charge in [0.2, 0.25) is 0 Å². The van der Waals surface area contributed by atoms with Crippen LogP contribution in [-0.4, -0.2) is 25.5 Å². The SMILES string of the molecule is Cc1ccc(-c2ccc(C(=O)NCC3CCCNC3)c(F)c2)cc1.Cl. The highest BCUT2D eigenvalue weighted by molar-refractivity contribution is 5.95. The number of carbonyl (C=O) groups excluding carboxylic acids is 1. The Morgan fingerprint density at radius 3 is 2.56 bits per heavy atom. The van der Waals surface area contributed by atoms with Crippen LogP contribution in [0.4, 0.5) is 4.39 Å². The van der Waals surface area contributed by atoms with E-state index in [0.717, 1.165) is 42.6 Å². The minimum atomic E-state index is -0.479. The van der Waals surface area contributed by atoms with Gasteiger partial charge in [-0.25, -0.2) is 4.39 Å². The molecule has 2 aromatic carbocycles. The zero-order valence-corrected chi connectivity index (χ0v) is 15.2. The van der Waals surface area contributed by atoms with Gasteiger partial charge in [-0.2, -0.15) is 0 Å². The lowest BCUT2D eigenvalue weighted by Crippen LogP contribution is -2.38. The molecule has 1 aliphatic heterocycles. The standard InChI is InChI=1S/C20H23FN2O.ClH/c1-14-4-6-16(7-5-14)17-8-9-18(19(21)11-17)20(24)23-13-15-3-2-10-22-12-15;/h4-9,11,15,22H,2-3,10,12-13H2,1H3,(H,23,24);1H. The Balaban J connectivity index is 0.00000225. The molecule has 1 amide bonds. The van der Waals surface area contributed by atoms with E-state index in [0.29, 0.717) is 12.5 Å². The van der Waals surface area contributed by atoms with Crippen LogP contribution >= 0.6 is 12.4 Å². The fraction of sp³-hybridized carbons (Fsp3) is 0.350. The monoisotopic (exact) mass is 362 g/mol. The van der Waals surface area contributed by atoms with Crippen LogP contribution in [0.2, 0.25) is 0 Å². The summed E-state index contributed by atoms with van der Waals surface area (Å²) in [5.74, 6) is -0.390. The zero-order chi connectivity index (χ0) is 16.9. The Labute approximate surface area is 154 Å². The molecule has 134 valence electrons. The van der Waals surface area contributed by atoms with Crippen LogP contribution in [0.15, 0.2) is 42.5 Å². The van der Waals surface area contributed by atoms with Gasteiger partial charge in [-0.15, -0.1) is 12.4 Å². The average molecular weight is 363 g/mol. The summed E-state index contributed by atoms with van der Waals surface area (Å²) >= 11 is 0. The molecule has 2 aromatic rings. The summed E-state index contributed by atoms with van der Waals surface area (Å²) in [7, 11) is 0. The Morgan fingerprint density at radius 2 is 1.92 bits per heavy atom. The summed E-state index contributed by atoms with van der Waals surface area (Å²) in [4.78, 5) is 12.2. The van der Waals surface area contributed by atoms with Crippen LogP contribution < -0.4 is 10.6 Å². The maximum Gasteiger partial charge on any atom is 0.254 e. The van der Waals surface area contributed by atoms with E-state index in [4.69, 9.17) is 0 Å². The number of aryl methyl sites for hydroxylation is 1. The normalized spacial score (nSPS) is 16.8. The molecule has 0 saturated carbocycles. The minimum Gasteiger partial charge on any atom is -0.352 e. The van der Waals surface area contributed by atoms with Crippen molar-refractivity contribution in [2.45, 2.75) is 19.8 Å². The molecule has 3 nitrogen and oxygen atoms in total. The quantitative estimate of drug-likeness (QED) is 0.864. The van der Waals surface area contributed by atoms with Crippen LogP contribution in [0.5, 0.6) is 0 Å². The highest BCUT2D eigenvalue weighted by atomic mass is 35.5. The third kappa shape index (κ3) is 5.03. The van der Waals surface area contributed by atoms with Crippen LogP contribution in [0.1, 0.15) is 28.8 Å². The van der Waals surface area contributed by atoms with Gasteiger partial charge in [0, 0.05) is 6.54 Å². The number of piperidine rings is 1. The molecule has 1 unspecified atom stereocenters. The second-order valence-electron chi connectivity index (χ2n) is 6.48. The predicted octanol–water partition coefficient (Wildman–Crippen LogP) is 3.95. The van der Waals surface area contributed by atoms with Gasteiger partial charge >= 0.3 is 0 Å². The van der Waals surface area contributed by atoms with Gasteiger partial charge in [0.1, 0.15) is 5.82 Å². The third-order valence-electron chi connectivity index (χ3n) is 4.55. The molecule has 0 radical (unpaired) electrons. The Bertz CT molecular complexity index is 712. The lowest BCUT2D eigenvalue weighted by atomic mass is 9.99. The van der Waals surface area contributed by atoms with E-state index in [1.807, 2.05) is 31.2 Å². The number of hydrogen-bond acceptors (Lipinski definition) is 2. The largest absolute Gasteiger partial charge is 0.352 e. The van der Waals surface area contributed by atoms with E-state index >= 15 is 0 Å². The average Bonchev–Trinajstić information content (AvgIpc) is 2.61. The molecule has 25 heavy (non-hydrogen) atoms. The first-order valence-corrected chi connectivity index (χ1v) is 8.49. The summed E-state index contributed by atoms with van der Waals surface area (Å²) in [6.45, 7) is 4.55. The van der Waals surface area contributed by atoms with Crippen molar-refractivity contribution in [3.63, 3.8) is 0 Å². The molecule has 3 rings (SSSR count). The second kappa shape index (κ2) is 8.97. The number of carbonyl (C=O) groups is 1. The van der Waals surface area contributed by atoms with Gasteiger partial charge in [0.15, 0.2) is 0 Å². The topological polar surface area (TPSA) is 41.1 Å². The van der Waals surface area contributed by atoms with Crippen molar-refractivity contribution in [1.29, 1.82) is 0 Å². The Kier molecular flexibility index (Phi) is 6.97. The van der Waals surface area contributed by atoms with Crippen LogP contribution in [0.3, 0.4) is 0 Å². The molecule has 1 fully saturated rings. The van der Waals surface area contributed by atoms with E-state index in [1.165, 1.54) is 6.07 Å². The minimum absolute atomic E-state index is 0. The van der Waals surface area contributed by atoms with Crippen LogP contribution in [0.25, 0.3) is 11.1 Å².